The molecule has 5 nitrogen and oxygen atoms in total. The van der Waals surface area contributed by atoms with Crippen molar-refractivity contribution >= 4 is 29.3 Å². The number of unbranched alkanes of at least 4 members (excludes halogenated alkanes) is 1. The largest absolute Gasteiger partial charge is 0.465 e. The van der Waals surface area contributed by atoms with Crippen LogP contribution in [0.5, 0.6) is 0 Å². The summed E-state index contributed by atoms with van der Waals surface area (Å²) in [6.07, 6.45) is 1.86. The van der Waals surface area contributed by atoms with E-state index in [0.717, 1.165) is 24.6 Å². The van der Waals surface area contributed by atoms with Gasteiger partial charge in [-0.1, -0.05) is 48.8 Å². The molecular weight excluding hydrogens is 312 g/mol. The number of hydrogen-bond acceptors (Lipinski definition) is 6. The Balaban J connectivity index is 1.89. The lowest BCUT2D eigenvalue weighted by Gasteiger charge is -2.01. The van der Waals surface area contributed by atoms with E-state index in [0.29, 0.717) is 28.3 Å². The van der Waals surface area contributed by atoms with Crippen molar-refractivity contribution in [2.45, 2.75) is 25.0 Å². The molecule has 21 heavy (non-hydrogen) atoms. The number of halogens is 1. The summed E-state index contributed by atoms with van der Waals surface area (Å²) >= 11 is 7.21. The van der Waals surface area contributed by atoms with Gasteiger partial charge >= 0.3 is 5.97 Å². The molecule has 7 heteroatoms. The van der Waals surface area contributed by atoms with Gasteiger partial charge in [-0.15, -0.1) is 10.2 Å². The zero-order valence-corrected chi connectivity index (χ0v) is 13.1. The maximum absolute atomic E-state index is 11.5. The van der Waals surface area contributed by atoms with Crippen LogP contribution in [0.1, 0.15) is 19.8 Å². The van der Waals surface area contributed by atoms with Gasteiger partial charge in [-0.25, -0.2) is 0 Å². The van der Waals surface area contributed by atoms with Gasteiger partial charge in [0, 0.05) is 0 Å². The summed E-state index contributed by atoms with van der Waals surface area (Å²) in [4.78, 5) is 11.5. The molecule has 112 valence electrons. The molecule has 0 fully saturated rings. The predicted octanol–water partition coefficient (Wildman–Crippen LogP) is 3.83. The molecule has 2 aromatic rings. The fourth-order valence-corrected chi connectivity index (χ4v) is 2.28. The van der Waals surface area contributed by atoms with Crippen LogP contribution in [0.15, 0.2) is 33.9 Å². The smallest absolute Gasteiger partial charge is 0.316 e. The SMILES string of the molecule is CCCCOC(=O)CSc1nnc(-c2ccccc2Cl)o1. The minimum atomic E-state index is -0.286. The van der Waals surface area contributed by atoms with Crippen LogP contribution in [-0.4, -0.2) is 28.5 Å². The van der Waals surface area contributed by atoms with Crippen LogP contribution < -0.4 is 0 Å². The standard InChI is InChI=1S/C14H15ClN2O3S/c1-2-3-8-19-12(18)9-21-14-17-16-13(20-14)10-6-4-5-7-11(10)15/h4-7H,2-3,8-9H2,1H3. The highest BCUT2D eigenvalue weighted by Crippen LogP contribution is 2.28. The molecule has 0 unspecified atom stereocenters. The number of aromatic nitrogens is 2. The molecule has 0 N–H and O–H groups in total. The maximum atomic E-state index is 11.5. The number of nitrogens with zero attached hydrogens (tertiary/aromatic N) is 2. The highest BCUT2D eigenvalue weighted by Gasteiger charge is 2.13. The number of benzene rings is 1. The molecule has 0 saturated heterocycles. The molecular formula is C14H15ClN2O3S. The molecule has 0 saturated carbocycles. The van der Waals surface area contributed by atoms with Crippen LogP contribution in [0, 0.1) is 0 Å². The fourth-order valence-electron chi connectivity index (χ4n) is 1.50. The Morgan fingerprint density at radius 1 is 1.38 bits per heavy atom. The average molecular weight is 327 g/mol. The van der Waals surface area contributed by atoms with Crippen LogP contribution in [0.2, 0.25) is 5.02 Å². The first kappa shape index (κ1) is 15.9. The highest BCUT2D eigenvalue weighted by atomic mass is 35.5. The first-order valence-electron chi connectivity index (χ1n) is 6.57. The lowest BCUT2D eigenvalue weighted by Crippen LogP contribution is -2.08. The summed E-state index contributed by atoms with van der Waals surface area (Å²) in [6, 6.07) is 7.20. The Kier molecular flexibility index (Phi) is 6.07. The third-order valence-electron chi connectivity index (χ3n) is 2.59. The Bertz CT molecular complexity index is 603. The van der Waals surface area contributed by atoms with Crippen molar-refractivity contribution in [2.75, 3.05) is 12.4 Å². The highest BCUT2D eigenvalue weighted by molar-refractivity contribution is 7.99. The molecule has 0 aliphatic rings. The van der Waals surface area contributed by atoms with Crippen molar-refractivity contribution in [2.24, 2.45) is 0 Å². The summed E-state index contributed by atoms with van der Waals surface area (Å²) in [5.41, 5.74) is 0.670. The van der Waals surface area contributed by atoms with E-state index in [-0.39, 0.29) is 11.7 Å². The molecule has 1 aromatic carbocycles. The van der Waals surface area contributed by atoms with E-state index in [9.17, 15) is 4.79 Å². The van der Waals surface area contributed by atoms with E-state index in [4.69, 9.17) is 20.8 Å². The van der Waals surface area contributed by atoms with Crippen molar-refractivity contribution in [1.29, 1.82) is 0 Å². The lowest BCUT2D eigenvalue weighted by atomic mass is 10.2. The van der Waals surface area contributed by atoms with E-state index in [1.54, 1.807) is 12.1 Å². The third-order valence-corrected chi connectivity index (χ3v) is 3.71. The van der Waals surface area contributed by atoms with Gasteiger partial charge in [0.15, 0.2) is 0 Å². The maximum Gasteiger partial charge on any atom is 0.316 e. The number of carbonyl (C=O) groups excluding carboxylic acids is 1. The Morgan fingerprint density at radius 2 is 2.19 bits per heavy atom. The second-order valence-corrected chi connectivity index (χ2v) is 5.55. The van der Waals surface area contributed by atoms with Crippen molar-refractivity contribution in [3.05, 3.63) is 29.3 Å². The monoisotopic (exact) mass is 326 g/mol. The number of hydrogen-bond donors (Lipinski definition) is 0. The molecule has 0 bridgehead atoms. The topological polar surface area (TPSA) is 65.2 Å². The number of ether oxygens (including phenoxy) is 1. The quantitative estimate of drug-likeness (QED) is 0.438. The second-order valence-electron chi connectivity index (χ2n) is 4.22. The predicted molar refractivity (Wildman–Crippen MR) is 81.3 cm³/mol. The Labute approximate surface area is 132 Å². The molecule has 2 rings (SSSR count). The molecule has 0 radical (unpaired) electrons. The summed E-state index contributed by atoms with van der Waals surface area (Å²) in [5, 5.41) is 8.66. The number of carbonyl (C=O) groups is 1. The first-order valence-corrected chi connectivity index (χ1v) is 7.94. The molecule has 0 spiro atoms. The van der Waals surface area contributed by atoms with Gasteiger partial charge in [0.25, 0.3) is 5.22 Å². The van der Waals surface area contributed by atoms with Crippen molar-refractivity contribution in [1.82, 2.24) is 10.2 Å². The summed E-state index contributed by atoms with van der Waals surface area (Å²) in [6.45, 7) is 2.49. The molecule has 0 atom stereocenters. The average Bonchev–Trinajstić information content (AvgIpc) is 2.94. The van der Waals surface area contributed by atoms with Crippen LogP contribution in [0.3, 0.4) is 0 Å². The summed E-state index contributed by atoms with van der Waals surface area (Å²) in [7, 11) is 0. The van der Waals surface area contributed by atoms with Crippen molar-refractivity contribution < 1.29 is 13.9 Å². The van der Waals surface area contributed by atoms with Gasteiger partial charge in [-0.2, -0.15) is 0 Å². The van der Waals surface area contributed by atoms with E-state index in [2.05, 4.69) is 10.2 Å². The van der Waals surface area contributed by atoms with Crippen LogP contribution in [-0.2, 0) is 9.53 Å². The van der Waals surface area contributed by atoms with E-state index in [1.807, 2.05) is 19.1 Å². The van der Waals surface area contributed by atoms with Crippen molar-refractivity contribution in [3.8, 4) is 11.5 Å². The van der Waals surface area contributed by atoms with Crippen molar-refractivity contribution in [3.63, 3.8) is 0 Å². The molecule has 0 aliphatic carbocycles. The molecule has 0 amide bonds. The van der Waals surface area contributed by atoms with E-state index in [1.165, 1.54) is 0 Å². The minimum absolute atomic E-state index is 0.147. The Morgan fingerprint density at radius 3 is 2.95 bits per heavy atom. The number of rotatable bonds is 7. The minimum Gasteiger partial charge on any atom is -0.465 e. The molecule has 0 aliphatic heterocycles. The van der Waals surface area contributed by atoms with Gasteiger partial charge in [-0.3, -0.25) is 4.79 Å². The van der Waals surface area contributed by atoms with Crippen LogP contribution >= 0.6 is 23.4 Å². The van der Waals surface area contributed by atoms with Gasteiger partial charge in [0.2, 0.25) is 5.89 Å². The van der Waals surface area contributed by atoms with Crippen LogP contribution in [0.25, 0.3) is 11.5 Å². The zero-order chi connectivity index (χ0) is 15.1. The van der Waals surface area contributed by atoms with Gasteiger partial charge < -0.3 is 9.15 Å². The summed E-state index contributed by atoms with van der Waals surface area (Å²) < 4.78 is 10.5. The zero-order valence-electron chi connectivity index (χ0n) is 11.5. The van der Waals surface area contributed by atoms with Gasteiger partial charge in [0.05, 0.1) is 17.2 Å². The second kappa shape index (κ2) is 8.05. The first-order chi connectivity index (χ1) is 10.2. The third kappa shape index (κ3) is 4.75. The fraction of sp³-hybridized carbons (Fsp3) is 0.357. The van der Waals surface area contributed by atoms with E-state index >= 15 is 0 Å². The van der Waals surface area contributed by atoms with E-state index < -0.39 is 0 Å². The Hall–Kier alpha value is -1.53. The molecule has 1 aromatic heterocycles. The van der Waals surface area contributed by atoms with Crippen LogP contribution in [0.4, 0.5) is 0 Å². The number of esters is 1. The van der Waals surface area contributed by atoms with Gasteiger partial charge in [-0.05, 0) is 18.6 Å². The lowest BCUT2D eigenvalue weighted by molar-refractivity contribution is -0.140. The number of thioether (sulfide) groups is 1. The van der Waals surface area contributed by atoms with Gasteiger partial charge in [0.1, 0.15) is 5.75 Å². The normalized spacial score (nSPS) is 10.6. The summed E-state index contributed by atoms with van der Waals surface area (Å²) in [5.74, 6) is 0.196. The molecule has 1 heterocycles.